The summed E-state index contributed by atoms with van der Waals surface area (Å²) in [7, 11) is -1.59. The molecule has 4 rings (SSSR count). The summed E-state index contributed by atoms with van der Waals surface area (Å²) in [6.45, 7) is 4.75. The number of aryl methyl sites for hydroxylation is 1. The molecule has 0 spiro atoms. The van der Waals surface area contributed by atoms with Gasteiger partial charge in [-0.3, -0.25) is 9.88 Å². The van der Waals surface area contributed by atoms with Crippen LogP contribution in [0, 0.1) is 4.77 Å². The molecule has 1 aliphatic rings. The molecule has 1 saturated heterocycles. The summed E-state index contributed by atoms with van der Waals surface area (Å²) in [6.07, 6.45) is 5.48. The van der Waals surface area contributed by atoms with E-state index in [0.29, 0.717) is 42.5 Å². The van der Waals surface area contributed by atoms with Crippen molar-refractivity contribution in [2.75, 3.05) is 26.2 Å². The molecule has 0 aliphatic carbocycles. The zero-order valence-corrected chi connectivity index (χ0v) is 20.0. The van der Waals surface area contributed by atoms with Gasteiger partial charge in [-0.25, -0.2) is 13.1 Å². The van der Waals surface area contributed by atoms with Crippen LogP contribution >= 0.6 is 12.2 Å². The first-order chi connectivity index (χ1) is 15.4. The van der Waals surface area contributed by atoms with E-state index in [2.05, 4.69) is 21.9 Å². The molecular formula is C22H28N6O2S2. The maximum Gasteiger partial charge on any atom is 0.243 e. The third-order valence-electron chi connectivity index (χ3n) is 5.73. The topological polar surface area (TPSA) is 76.3 Å². The van der Waals surface area contributed by atoms with Crippen molar-refractivity contribution in [3.05, 3.63) is 59.1 Å². The summed E-state index contributed by atoms with van der Waals surface area (Å²) < 4.78 is 31.9. The Morgan fingerprint density at radius 3 is 2.41 bits per heavy atom. The fourth-order valence-corrected chi connectivity index (χ4v) is 5.50. The van der Waals surface area contributed by atoms with E-state index in [9.17, 15) is 8.42 Å². The average molecular weight is 473 g/mol. The first-order valence-corrected chi connectivity index (χ1v) is 12.6. The highest BCUT2D eigenvalue weighted by atomic mass is 32.2. The van der Waals surface area contributed by atoms with E-state index in [1.807, 2.05) is 35.9 Å². The Bertz CT molecular complexity index is 1210. The normalized spacial score (nSPS) is 15.8. The van der Waals surface area contributed by atoms with E-state index in [1.54, 1.807) is 33.5 Å². The number of aromatic nitrogens is 4. The number of hydrogen-bond acceptors (Lipinski definition) is 6. The van der Waals surface area contributed by atoms with Gasteiger partial charge in [-0.15, -0.1) is 0 Å². The third kappa shape index (κ3) is 4.68. The van der Waals surface area contributed by atoms with Crippen molar-refractivity contribution in [3.63, 3.8) is 0 Å². The van der Waals surface area contributed by atoms with Gasteiger partial charge in [0, 0.05) is 51.2 Å². The quantitative estimate of drug-likeness (QED) is 0.492. The molecule has 8 nitrogen and oxygen atoms in total. The van der Waals surface area contributed by atoms with Crippen molar-refractivity contribution in [2.45, 2.75) is 31.3 Å². The summed E-state index contributed by atoms with van der Waals surface area (Å²) in [5, 5.41) is 4.67. The van der Waals surface area contributed by atoms with Crippen molar-refractivity contribution >= 4 is 22.2 Å². The van der Waals surface area contributed by atoms with Crippen LogP contribution in [0.2, 0.25) is 0 Å². The predicted octanol–water partition coefficient (Wildman–Crippen LogP) is 2.93. The Morgan fingerprint density at radius 1 is 1.06 bits per heavy atom. The second kappa shape index (κ2) is 9.62. The maximum atomic E-state index is 13.0. The van der Waals surface area contributed by atoms with E-state index in [1.165, 1.54) is 0 Å². The Kier molecular flexibility index (Phi) is 6.85. The van der Waals surface area contributed by atoms with Crippen LogP contribution in [0.4, 0.5) is 0 Å². The van der Waals surface area contributed by atoms with Gasteiger partial charge in [0.1, 0.15) is 0 Å². The Hall–Kier alpha value is -2.40. The lowest BCUT2D eigenvalue weighted by Gasteiger charge is -2.33. The van der Waals surface area contributed by atoms with Crippen LogP contribution in [-0.4, -0.2) is 63.1 Å². The molecular weight excluding hydrogens is 444 g/mol. The van der Waals surface area contributed by atoms with E-state index in [-0.39, 0.29) is 0 Å². The summed E-state index contributed by atoms with van der Waals surface area (Å²) in [4.78, 5) is 6.69. The summed E-state index contributed by atoms with van der Waals surface area (Å²) in [5.41, 5.74) is 2.06. The van der Waals surface area contributed by atoms with E-state index in [4.69, 9.17) is 12.2 Å². The minimum absolute atomic E-state index is 0.360. The summed E-state index contributed by atoms with van der Waals surface area (Å²) in [5.74, 6) is 0.760. The van der Waals surface area contributed by atoms with Gasteiger partial charge in [0.15, 0.2) is 10.6 Å². The predicted molar refractivity (Wildman–Crippen MR) is 126 cm³/mol. The highest BCUT2D eigenvalue weighted by Gasteiger charge is 2.28. The van der Waals surface area contributed by atoms with Crippen LogP contribution in [0.15, 0.2) is 53.7 Å². The average Bonchev–Trinajstić information content (AvgIpc) is 3.09. The van der Waals surface area contributed by atoms with Gasteiger partial charge in [0.2, 0.25) is 10.0 Å². The molecule has 0 amide bonds. The number of piperazine rings is 1. The van der Waals surface area contributed by atoms with Crippen molar-refractivity contribution in [1.29, 1.82) is 0 Å². The van der Waals surface area contributed by atoms with Gasteiger partial charge >= 0.3 is 0 Å². The second-order valence-corrected chi connectivity index (χ2v) is 10.3. The molecule has 32 heavy (non-hydrogen) atoms. The Labute approximate surface area is 194 Å². The van der Waals surface area contributed by atoms with E-state index in [0.717, 1.165) is 29.8 Å². The molecule has 0 N–H and O–H groups in total. The third-order valence-corrected chi connectivity index (χ3v) is 8.12. The second-order valence-electron chi connectivity index (χ2n) is 7.96. The highest BCUT2D eigenvalue weighted by molar-refractivity contribution is 7.89. The largest absolute Gasteiger partial charge is 0.303 e. The monoisotopic (exact) mass is 472 g/mol. The first kappa shape index (κ1) is 22.8. The maximum absolute atomic E-state index is 13.0. The Balaban J connectivity index is 1.42. The molecule has 1 aliphatic heterocycles. The van der Waals surface area contributed by atoms with Crippen molar-refractivity contribution in [1.82, 2.24) is 28.5 Å². The molecule has 2 aromatic heterocycles. The molecule has 3 heterocycles. The molecule has 3 aromatic rings. The zero-order chi connectivity index (χ0) is 22.7. The van der Waals surface area contributed by atoms with Crippen molar-refractivity contribution in [3.8, 4) is 11.4 Å². The number of rotatable bonds is 7. The van der Waals surface area contributed by atoms with E-state index >= 15 is 0 Å². The molecule has 0 bridgehead atoms. The summed E-state index contributed by atoms with van der Waals surface area (Å²) in [6, 6.07) is 11.1. The molecule has 0 saturated carbocycles. The van der Waals surface area contributed by atoms with Crippen molar-refractivity contribution in [2.24, 2.45) is 7.05 Å². The highest BCUT2D eigenvalue weighted by Crippen LogP contribution is 2.20. The van der Waals surface area contributed by atoms with Crippen LogP contribution in [0.1, 0.15) is 18.9 Å². The fraction of sp³-hybridized carbons (Fsp3) is 0.409. The van der Waals surface area contributed by atoms with Gasteiger partial charge in [0.25, 0.3) is 0 Å². The van der Waals surface area contributed by atoms with Crippen LogP contribution in [-0.2, 0) is 30.2 Å². The number of pyridine rings is 1. The van der Waals surface area contributed by atoms with Gasteiger partial charge in [-0.2, -0.15) is 9.40 Å². The molecule has 170 valence electrons. The Morgan fingerprint density at radius 2 is 1.78 bits per heavy atom. The molecule has 10 heteroatoms. The van der Waals surface area contributed by atoms with Crippen LogP contribution in [0.3, 0.4) is 0 Å². The number of hydrogen-bond donors (Lipinski definition) is 0. The molecule has 1 aromatic carbocycles. The smallest absolute Gasteiger partial charge is 0.243 e. The van der Waals surface area contributed by atoms with Gasteiger partial charge in [0.05, 0.1) is 11.6 Å². The van der Waals surface area contributed by atoms with Gasteiger partial charge < -0.3 is 4.57 Å². The molecule has 0 radical (unpaired) electrons. The number of nitrogens with zero attached hydrogens (tertiary/aromatic N) is 6. The van der Waals surface area contributed by atoms with Crippen LogP contribution in [0.5, 0.6) is 0 Å². The fourth-order valence-electron chi connectivity index (χ4n) is 3.89. The lowest BCUT2D eigenvalue weighted by atomic mass is 10.1. The molecule has 0 atom stereocenters. The van der Waals surface area contributed by atoms with Crippen LogP contribution < -0.4 is 0 Å². The van der Waals surface area contributed by atoms with Crippen LogP contribution in [0.25, 0.3) is 11.4 Å². The molecule has 0 unspecified atom stereocenters. The minimum Gasteiger partial charge on any atom is -0.303 e. The van der Waals surface area contributed by atoms with Gasteiger partial charge in [-0.1, -0.05) is 25.5 Å². The first-order valence-electron chi connectivity index (χ1n) is 10.8. The molecule has 1 fully saturated rings. The minimum atomic E-state index is -3.48. The standard InChI is InChI=1S/C22H28N6O2S2/c1-3-5-18-7-9-20(10-8-18)32(29,30)27-14-12-26(13-15-27)17-28-22(31)25(2)21(24-28)19-6-4-11-23-16-19/h4,6-11,16H,3,5,12-15,17H2,1-2H3. The van der Waals surface area contributed by atoms with Gasteiger partial charge in [-0.05, 0) is 48.5 Å². The number of sulfonamides is 1. The van der Waals surface area contributed by atoms with E-state index < -0.39 is 10.0 Å². The number of benzene rings is 1. The lowest BCUT2D eigenvalue weighted by molar-refractivity contribution is 0.144. The van der Waals surface area contributed by atoms with Crippen molar-refractivity contribution < 1.29 is 8.42 Å². The summed E-state index contributed by atoms with van der Waals surface area (Å²) >= 11 is 5.57. The lowest BCUT2D eigenvalue weighted by Crippen LogP contribution is -2.48. The SMILES string of the molecule is CCCc1ccc(S(=O)(=O)N2CCN(Cn3nc(-c4cccnc4)n(C)c3=S)CC2)cc1. The zero-order valence-electron chi connectivity index (χ0n) is 18.4.